The molecule has 0 spiro atoms. The van der Waals surface area contributed by atoms with E-state index in [1.807, 2.05) is 37.0 Å². The molecule has 1 heterocycles. The first-order chi connectivity index (χ1) is 11.1. The average Bonchev–Trinajstić information content (AvgIpc) is 2.52. The number of para-hydroxylation sites is 1. The van der Waals surface area contributed by atoms with Gasteiger partial charge in [0.15, 0.2) is 5.96 Å². The third kappa shape index (κ3) is 5.20. The lowest BCUT2D eigenvalue weighted by atomic mass is 9.90. The molecule has 1 unspecified atom stereocenters. The largest absolute Gasteiger partial charge is 0.487 e. The molecule has 4 nitrogen and oxygen atoms in total. The summed E-state index contributed by atoms with van der Waals surface area (Å²) in [5.74, 6) is 3.80. The number of rotatable bonds is 6. The molecule has 0 amide bonds. The third-order valence-electron chi connectivity index (χ3n) is 3.69. The highest BCUT2D eigenvalue weighted by Gasteiger charge is 2.33. The molecule has 1 atom stereocenters. The maximum atomic E-state index is 6.08. The van der Waals surface area contributed by atoms with Crippen molar-refractivity contribution < 1.29 is 4.74 Å². The molecular weight excluding hydrogens is 306 g/mol. The van der Waals surface area contributed by atoms with Crippen molar-refractivity contribution >= 4 is 17.7 Å². The van der Waals surface area contributed by atoms with Crippen molar-refractivity contribution in [3.05, 3.63) is 42.5 Å². The van der Waals surface area contributed by atoms with Crippen LogP contribution in [-0.2, 0) is 0 Å². The Bertz CT molecular complexity index is 557. The smallest absolute Gasteiger partial charge is 0.191 e. The van der Waals surface area contributed by atoms with E-state index in [-0.39, 0.29) is 11.6 Å². The van der Waals surface area contributed by atoms with Crippen LogP contribution in [0.1, 0.15) is 31.9 Å². The number of aliphatic imine (C=N–C) groups is 1. The van der Waals surface area contributed by atoms with Crippen LogP contribution in [0.25, 0.3) is 0 Å². The molecule has 126 valence electrons. The Kier molecular flexibility index (Phi) is 6.39. The second kappa shape index (κ2) is 8.29. The van der Waals surface area contributed by atoms with Crippen molar-refractivity contribution in [2.75, 3.05) is 25.1 Å². The van der Waals surface area contributed by atoms with Gasteiger partial charge in [0, 0.05) is 37.1 Å². The van der Waals surface area contributed by atoms with Gasteiger partial charge in [-0.3, -0.25) is 4.99 Å². The number of fused-ring (bicyclic) bond motifs is 1. The molecule has 0 saturated carbocycles. The van der Waals surface area contributed by atoms with E-state index in [9.17, 15) is 0 Å². The van der Waals surface area contributed by atoms with Crippen molar-refractivity contribution in [2.24, 2.45) is 4.99 Å². The molecule has 5 heteroatoms. The average molecular weight is 334 g/mol. The van der Waals surface area contributed by atoms with Crippen molar-refractivity contribution in [1.82, 2.24) is 10.6 Å². The molecular formula is C18H27N3OS. The summed E-state index contributed by atoms with van der Waals surface area (Å²) in [7, 11) is 1.81. The maximum Gasteiger partial charge on any atom is 0.191 e. The summed E-state index contributed by atoms with van der Waals surface area (Å²) in [6.45, 7) is 8.86. The molecule has 0 aliphatic carbocycles. The van der Waals surface area contributed by atoms with Crippen LogP contribution in [-0.4, -0.2) is 36.7 Å². The lowest BCUT2D eigenvalue weighted by Crippen LogP contribution is -2.45. The van der Waals surface area contributed by atoms with E-state index in [1.165, 1.54) is 5.56 Å². The van der Waals surface area contributed by atoms with E-state index < -0.39 is 0 Å². The first kappa shape index (κ1) is 17.7. The van der Waals surface area contributed by atoms with Crippen LogP contribution in [0.3, 0.4) is 0 Å². The molecule has 0 saturated heterocycles. The molecule has 23 heavy (non-hydrogen) atoms. The number of thioether (sulfide) groups is 1. The van der Waals surface area contributed by atoms with Gasteiger partial charge in [0.1, 0.15) is 11.4 Å². The van der Waals surface area contributed by atoms with E-state index in [4.69, 9.17) is 4.74 Å². The zero-order valence-electron chi connectivity index (χ0n) is 14.3. The lowest BCUT2D eigenvalue weighted by molar-refractivity contribution is 0.0694. The van der Waals surface area contributed by atoms with Crippen LogP contribution in [0.2, 0.25) is 0 Å². The normalized spacial score (nSPS) is 19.4. The highest BCUT2D eigenvalue weighted by Crippen LogP contribution is 2.39. The van der Waals surface area contributed by atoms with Gasteiger partial charge in [-0.05, 0) is 19.9 Å². The summed E-state index contributed by atoms with van der Waals surface area (Å²) >= 11 is 1.86. The molecule has 0 aromatic heterocycles. The third-order valence-corrected chi connectivity index (χ3v) is 4.65. The SMILES string of the molecule is C=CCSCCNC(=NC)NC1CC(C)(C)Oc2ccccc21. The van der Waals surface area contributed by atoms with Gasteiger partial charge < -0.3 is 15.4 Å². The van der Waals surface area contributed by atoms with E-state index >= 15 is 0 Å². The van der Waals surface area contributed by atoms with Crippen LogP contribution in [0.4, 0.5) is 0 Å². The number of ether oxygens (including phenoxy) is 1. The number of hydrogen-bond acceptors (Lipinski definition) is 3. The standard InChI is InChI=1S/C18H27N3OS/c1-5-11-23-12-10-20-17(19-4)21-15-13-18(2,3)22-16-9-7-6-8-14(15)16/h5-9,15H,1,10-13H2,2-4H3,(H2,19,20,21). The van der Waals surface area contributed by atoms with Crippen LogP contribution >= 0.6 is 11.8 Å². The Balaban J connectivity index is 1.98. The molecule has 1 aliphatic rings. The fourth-order valence-corrected chi connectivity index (χ4v) is 3.28. The Labute approximate surface area is 143 Å². The monoisotopic (exact) mass is 333 g/mol. The minimum atomic E-state index is -0.190. The highest BCUT2D eigenvalue weighted by molar-refractivity contribution is 7.99. The molecule has 2 N–H and O–H groups in total. The van der Waals surface area contributed by atoms with Crippen molar-refractivity contribution in [3.8, 4) is 5.75 Å². The first-order valence-electron chi connectivity index (χ1n) is 7.99. The fraction of sp³-hybridized carbons (Fsp3) is 0.500. The second-order valence-corrected chi connectivity index (χ2v) is 7.31. The number of benzene rings is 1. The van der Waals surface area contributed by atoms with Gasteiger partial charge in [0.05, 0.1) is 6.04 Å². The summed E-state index contributed by atoms with van der Waals surface area (Å²) in [5, 5.41) is 6.91. The maximum absolute atomic E-state index is 6.08. The predicted octanol–water partition coefficient (Wildman–Crippen LogP) is 3.37. The summed E-state index contributed by atoms with van der Waals surface area (Å²) in [6.07, 6.45) is 2.83. The van der Waals surface area contributed by atoms with Gasteiger partial charge >= 0.3 is 0 Å². The Morgan fingerprint density at radius 3 is 3.00 bits per heavy atom. The van der Waals surface area contributed by atoms with Crippen LogP contribution in [0.5, 0.6) is 5.75 Å². The van der Waals surface area contributed by atoms with Gasteiger partial charge in [0.2, 0.25) is 0 Å². The topological polar surface area (TPSA) is 45.7 Å². The molecule has 0 bridgehead atoms. The van der Waals surface area contributed by atoms with E-state index in [2.05, 4.69) is 48.2 Å². The van der Waals surface area contributed by atoms with Crippen LogP contribution < -0.4 is 15.4 Å². The van der Waals surface area contributed by atoms with Gasteiger partial charge in [-0.2, -0.15) is 11.8 Å². The van der Waals surface area contributed by atoms with Crippen LogP contribution in [0, 0.1) is 0 Å². The van der Waals surface area contributed by atoms with E-state index in [1.54, 1.807) is 0 Å². The zero-order chi connectivity index (χ0) is 16.7. The Hall–Kier alpha value is -1.62. The lowest BCUT2D eigenvalue weighted by Gasteiger charge is -2.38. The van der Waals surface area contributed by atoms with Gasteiger partial charge in [-0.15, -0.1) is 6.58 Å². The molecule has 2 rings (SSSR count). The molecule has 0 fully saturated rings. The highest BCUT2D eigenvalue weighted by atomic mass is 32.2. The second-order valence-electron chi connectivity index (χ2n) is 6.16. The quantitative estimate of drug-likeness (QED) is 0.363. The van der Waals surface area contributed by atoms with Gasteiger partial charge in [-0.25, -0.2) is 0 Å². The minimum Gasteiger partial charge on any atom is -0.487 e. The van der Waals surface area contributed by atoms with Crippen molar-refractivity contribution in [3.63, 3.8) is 0 Å². The zero-order valence-corrected chi connectivity index (χ0v) is 15.1. The van der Waals surface area contributed by atoms with Gasteiger partial charge in [0.25, 0.3) is 0 Å². The summed E-state index contributed by atoms with van der Waals surface area (Å²) in [6, 6.07) is 8.42. The van der Waals surface area contributed by atoms with Crippen molar-refractivity contribution in [2.45, 2.75) is 31.9 Å². The van der Waals surface area contributed by atoms with Crippen molar-refractivity contribution in [1.29, 1.82) is 0 Å². The predicted molar refractivity (Wildman–Crippen MR) is 101 cm³/mol. The number of nitrogens with zero attached hydrogens (tertiary/aromatic N) is 1. The minimum absolute atomic E-state index is 0.190. The number of nitrogens with one attached hydrogen (secondary N) is 2. The Morgan fingerprint density at radius 1 is 1.48 bits per heavy atom. The molecule has 1 aromatic carbocycles. The molecule has 0 radical (unpaired) electrons. The Morgan fingerprint density at radius 2 is 2.26 bits per heavy atom. The van der Waals surface area contributed by atoms with E-state index in [0.29, 0.717) is 0 Å². The molecule has 1 aromatic rings. The van der Waals surface area contributed by atoms with Crippen LogP contribution in [0.15, 0.2) is 41.9 Å². The van der Waals surface area contributed by atoms with Gasteiger partial charge in [-0.1, -0.05) is 24.3 Å². The summed E-state index contributed by atoms with van der Waals surface area (Å²) < 4.78 is 6.08. The first-order valence-corrected chi connectivity index (χ1v) is 9.15. The summed E-state index contributed by atoms with van der Waals surface area (Å²) in [5.41, 5.74) is 1.00. The fourth-order valence-electron chi connectivity index (χ4n) is 2.70. The number of hydrogen-bond donors (Lipinski definition) is 2. The summed E-state index contributed by atoms with van der Waals surface area (Å²) in [4.78, 5) is 4.34. The molecule has 1 aliphatic heterocycles. The van der Waals surface area contributed by atoms with E-state index in [0.717, 1.165) is 36.2 Å². The number of guanidine groups is 1.